The Morgan fingerprint density at radius 2 is 1.95 bits per heavy atom. The molecular weight excluding hydrogens is 320 g/mol. The predicted octanol–water partition coefficient (Wildman–Crippen LogP) is 3.78. The highest BCUT2D eigenvalue weighted by Crippen LogP contribution is 2.25. The largest absolute Gasteiger partial charge is 0.497 e. The minimum absolute atomic E-state index is 0.640. The Hall–Kier alpha value is -1.75. The average Bonchev–Trinajstić information content (AvgIpc) is 2.48. The van der Waals surface area contributed by atoms with E-state index in [1.54, 1.807) is 14.2 Å². The molecule has 106 valence electrons. The molecule has 0 saturated heterocycles. The summed E-state index contributed by atoms with van der Waals surface area (Å²) in [5.41, 5.74) is 2.01. The first kappa shape index (κ1) is 14.7. The Balaban J connectivity index is 2.12. The lowest BCUT2D eigenvalue weighted by Crippen LogP contribution is -2.04. The van der Waals surface area contributed by atoms with Crippen molar-refractivity contribution < 1.29 is 9.47 Å². The number of aromatic nitrogens is 1. The molecular formula is C15H17BrN2O2. The maximum atomic E-state index is 5.37. The number of rotatable bonds is 5. The number of ether oxygens (including phenoxy) is 2. The second-order valence-electron chi connectivity index (χ2n) is 4.30. The van der Waals surface area contributed by atoms with Crippen molar-refractivity contribution in [3.8, 4) is 11.5 Å². The number of aryl methyl sites for hydroxylation is 1. The molecule has 0 aliphatic heterocycles. The lowest BCUT2D eigenvalue weighted by molar-refractivity contribution is 0.391. The fourth-order valence-corrected chi connectivity index (χ4v) is 2.05. The van der Waals surface area contributed by atoms with Crippen molar-refractivity contribution in [3.05, 3.63) is 46.1 Å². The molecule has 5 heteroatoms. The van der Waals surface area contributed by atoms with E-state index in [4.69, 9.17) is 9.47 Å². The molecule has 4 nitrogen and oxygen atoms in total. The summed E-state index contributed by atoms with van der Waals surface area (Å²) in [4.78, 5) is 4.45. The fourth-order valence-electron chi connectivity index (χ4n) is 1.83. The number of benzene rings is 1. The number of anilines is 1. The van der Waals surface area contributed by atoms with Gasteiger partial charge in [0, 0.05) is 22.6 Å². The van der Waals surface area contributed by atoms with Crippen molar-refractivity contribution in [1.82, 2.24) is 4.98 Å². The molecule has 0 bridgehead atoms. The van der Waals surface area contributed by atoms with Crippen LogP contribution in [0.1, 0.15) is 11.3 Å². The van der Waals surface area contributed by atoms with Gasteiger partial charge in [-0.15, -0.1) is 0 Å². The normalized spacial score (nSPS) is 10.2. The summed E-state index contributed by atoms with van der Waals surface area (Å²) in [6.45, 7) is 2.60. The number of methoxy groups -OCH3 is 2. The SMILES string of the molecule is COc1ccc(CNc2ccc(Br)c(C)n2)c(OC)c1. The summed E-state index contributed by atoms with van der Waals surface area (Å²) in [7, 11) is 3.29. The molecule has 0 aliphatic rings. The van der Waals surface area contributed by atoms with Crippen molar-refractivity contribution >= 4 is 21.7 Å². The zero-order chi connectivity index (χ0) is 14.5. The monoisotopic (exact) mass is 336 g/mol. The van der Waals surface area contributed by atoms with Crippen LogP contribution in [-0.2, 0) is 6.54 Å². The number of halogens is 1. The second-order valence-corrected chi connectivity index (χ2v) is 5.15. The molecule has 0 radical (unpaired) electrons. The molecule has 0 aliphatic carbocycles. The summed E-state index contributed by atoms with van der Waals surface area (Å²) in [6, 6.07) is 9.69. The smallest absolute Gasteiger partial charge is 0.127 e. The third-order valence-corrected chi connectivity index (χ3v) is 3.81. The summed E-state index contributed by atoms with van der Waals surface area (Å²) in [5.74, 6) is 2.41. The highest BCUT2D eigenvalue weighted by atomic mass is 79.9. The van der Waals surface area contributed by atoms with Crippen LogP contribution < -0.4 is 14.8 Å². The fraction of sp³-hybridized carbons (Fsp3) is 0.267. The number of nitrogens with zero attached hydrogens (tertiary/aromatic N) is 1. The number of hydrogen-bond acceptors (Lipinski definition) is 4. The lowest BCUT2D eigenvalue weighted by Gasteiger charge is -2.12. The molecule has 2 aromatic rings. The molecule has 1 N–H and O–H groups in total. The van der Waals surface area contributed by atoms with E-state index in [1.165, 1.54) is 0 Å². The van der Waals surface area contributed by atoms with Crippen LogP contribution in [0.15, 0.2) is 34.8 Å². The third-order valence-electron chi connectivity index (χ3n) is 2.98. The first-order valence-corrected chi connectivity index (χ1v) is 7.01. The predicted molar refractivity (Wildman–Crippen MR) is 83.5 cm³/mol. The van der Waals surface area contributed by atoms with Gasteiger partial charge in [-0.1, -0.05) is 0 Å². The van der Waals surface area contributed by atoms with Crippen LogP contribution in [0.4, 0.5) is 5.82 Å². The average molecular weight is 337 g/mol. The van der Waals surface area contributed by atoms with Crippen molar-refractivity contribution in [2.24, 2.45) is 0 Å². The Bertz CT molecular complexity index is 602. The van der Waals surface area contributed by atoms with Gasteiger partial charge in [-0.2, -0.15) is 0 Å². The molecule has 0 spiro atoms. The van der Waals surface area contributed by atoms with Gasteiger partial charge in [0.15, 0.2) is 0 Å². The summed E-state index contributed by atoms with van der Waals surface area (Å²) >= 11 is 3.44. The molecule has 1 heterocycles. The van der Waals surface area contributed by atoms with E-state index in [0.717, 1.165) is 33.0 Å². The third kappa shape index (κ3) is 3.42. The Morgan fingerprint density at radius 1 is 1.15 bits per heavy atom. The van der Waals surface area contributed by atoms with Crippen LogP contribution >= 0.6 is 15.9 Å². The zero-order valence-corrected chi connectivity index (χ0v) is 13.3. The molecule has 0 amide bonds. The number of hydrogen-bond donors (Lipinski definition) is 1. The van der Waals surface area contributed by atoms with Gasteiger partial charge in [-0.3, -0.25) is 0 Å². The van der Waals surface area contributed by atoms with Crippen molar-refractivity contribution in [2.75, 3.05) is 19.5 Å². The Labute approximate surface area is 127 Å². The molecule has 20 heavy (non-hydrogen) atoms. The van der Waals surface area contributed by atoms with Gasteiger partial charge >= 0.3 is 0 Å². The maximum Gasteiger partial charge on any atom is 0.127 e. The van der Waals surface area contributed by atoms with Crippen LogP contribution in [0.25, 0.3) is 0 Å². The van der Waals surface area contributed by atoms with Crippen LogP contribution in [0, 0.1) is 6.92 Å². The van der Waals surface area contributed by atoms with Gasteiger partial charge in [-0.25, -0.2) is 4.98 Å². The molecule has 0 fully saturated rings. The minimum Gasteiger partial charge on any atom is -0.497 e. The Kier molecular flexibility index (Phi) is 4.84. The van der Waals surface area contributed by atoms with Crippen molar-refractivity contribution in [3.63, 3.8) is 0 Å². The van der Waals surface area contributed by atoms with Crippen LogP contribution in [0.2, 0.25) is 0 Å². The molecule has 2 rings (SSSR count). The first-order chi connectivity index (χ1) is 9.63. The molecule has 1 aromatic carbocycles. The van der Waals surface area contributed by atoms with Gasteiger partial charge in [-0.05, 0) is 47.1 Å². The highest BCUT2D eigenvalue weighted by molar-refractivity contribution is 9.10. The van der Waals surface area contributed by atoms with Gasteiger partial charge in [0.2, 0.25) is 0 Å². The maximum absolute atomic E-state index is 5.37. The topological polar surface area (TPSA) is 43.4 Å². The van der Waals surface area contributed by atoms with E-state index in [9.17, 15) is 0 Å². The molecule has 0 atom stereocenters. The van der Waals surface area contributed by atoms with E-state index in [-0.39, 0.29) is 0 Å². The van der Waals surface area contributed by atoms with E-state index in [0.29, 0.717) is 6.54 Å². The summed E-state index contributed by atoms with van der Waals surface area (Å²) in [6.07, 6.45) is 0. The summed E-state index contributed by atoms with van der Waals surface area (Å²) in [5, 5.41) is 3.29. The molecule has 0 saturated carbocycles. The van der Waals surface area contributed by atoms with E-state index in [2.05, 4.69) is 26.2 Å². The van der Waals surface area contributed by atoms with Crippen LogP contribution in [0.3, 0.4) is 0 Å². The van der Waals surface area contributed by atoms with Gasteiger partial charge < -0.3 is 14.8 Å². The van der Waals surface area contributed by atoms with Gasteiger partial charge in [0.05, 0.1) is 19.9 Å². The van der Waals surface area contributed by atoms with Gasteiger partial charge in [0.25, 0.3) is 0 Å². The zero-order valence-electron chi connectivity index (χ0n) is 11.7. The van der Waals surface area contributed by atoms with Crippen molar-refractivity contribution in [1.29, 1.82) is 0 Å². The standard InChI is InChI=1S/C15H17BrN2O2/c1-10-13(16)6-7-15(18-10)17-9-11-4-5-12(19-2)8-14(11)20-3/h4-8H,9H2,1-3H3,(H,17,18). The van der Waals surface area contributed by atoms with Gasteiger partial charge in [0.1, 0.15) is 17.3 Å². The van der Waals surface area contributed by atoms with Crippen LogP contribution in [0.5, 0.6) is 11.5 Å². The van der Waals surface area contributed by atoms with E-state index >= 15 is 0 Å². The number of pyridine rings is 1. The second kappa shape index (κ2) is 6.61. The molecule has 0 unspecified atom stereocenters. The Morgan fingerprint density at radius 3 is 2.60 bits per heavy atom. The lowest BCUT2D eigenvalue weighted by atomic mass is 10.2. The quantitative estimate of drug-likeness (QED) is 0.902. The molecule has 1 aromatic heterocycles. The first-order valence-electron chi connectivity index (χ1n) is 6.22. The van der Waals surface area contributed by atoms with E-state index in [1.807, 2.05) is 37.3 Å². The number of nitrogens with one attached hydrogen (secondary N) is 1. The van der Waals surface area contributed by atoms with Crippen molar-refractivity contribution in [2.45, 2.75) is 13.5 Å². The summed E-state index contributed by atoms with van der Waals surface area (Å²) < 4.78 is 11.6. The highest BCUT2D eigenvalue weighted by Gasteiger charge is 2.06. The van der Waals surface area contributed by atoms with Crippen LogP contribution in [-0.4, -0.2) is 19.2 Å². The minimum atomic E-state index is 0.640. The van der Waals surface area contributed by atoms with E-state index < -0.39 is 0 Å².